The molecule has 6 nitrogen and oxygen atoms in total. The van der Waals surface area contributed by atoms with Crippen molar-refractivity contribution in [3.63, 3.8) is 0 Å². The number of aliphatic hydroxyl groups excluding tert-OH is 1. The van der Waals surface area contributed by atoms with Gasteiger partial charge in [-0.25, -0.2) is 12.8 Å². The van der Waals surface area contributed by atoms with E-state index in [9.17, 15) is 17.9 Å². The lowest BCUT2D eigenvalue weighted by Crippen LogP contribution is -2.32. The Morgan fingerprint density at radius 3 is 2.49 bits per heavy atom. The van der Waals surface area contributed by atoms with E-state index in [2.05, 4.69) is 40.8 Å². The first-order valence-electron chi connectivity index (χ1n) is 14.6. The van der Waals surface area contributed by atoms with Gasteiger partial charge in [0.15, 0.2) is 5.82 Å². The molecule has 0 unspecified atom stereocenters. The second-order valence-corrected chi connectivity index (χ2v) is 13.3. The molecule has 1 aliphatic rings. The van der Waals surface area contributed by atoms with Crippen molar-refractivity contribution in [2.45, 2.75) is 76.2 Å². The number of hydrogen-bond donors (Lipinski definition) is 2. The van der Waals surface area contributed by atoms with Crippen molar-refractivity contribution in [2.24, 2.45) is 0 Å². The Kier molecular flexibility index (Phi) is 10.4. The number of sulfonamides is 1. The highest BCUT2D eigenvalue weighted by Gasteiger charge is 2.22. The number of aliphatic hydroxyl groups is 1. The number of benzene rings is 3. The minimum absolute atomic E-state index is 0.0971. The number of anilines is 1. The third-order valence-electron chi connectivity index (χ3n) is 7.88. The molecule has 0 aromatic heterocycles. The van der Waals surface area contributed by atoms with Crippen molar-refractivity contribution in [1.82, 2.24) is 4.90 Å². The van der Waals surface area contributed by atoms with Gasteiger partial charge in [-0.1, -0.05) is 70.4 Å². The monoisotopic (exact) mass is 582 g/mol. The molecule has 0 radical (unpaired) electrons. The fourth-order valence-electron chi connectivity index (χ4n) is 5.04. The number of nitrogens with zero attached hydrogens (tertiary/aromatic N) is 1. The Bertz CT molecular complexity index is 1410. The molecular weight excluding hydrogens is 539 g/mol. The van der Waals surface area contributed by atoms with Crippen LogP contribution in [0.4, 0.5) is 10.1 Å². The third kappa shape index (κ3) is 8.31. The van der Waals surface area contributed by atoms with E-state index < -0.39 is 15.8 Å². The van der Waals surface area contributed by atoms with E-state index in [1.807, 2.05) is 19.9 Å². The number of rotatable bonds is 14. The number of nitrogens with one attached hydrogen (secondary N) is 1. The van der Waals surface area contributed by atoms with Gasteiger partial charge in [-0.3, -0.25) is 9.62 Å². The first-order valence-corrected chi connectivity index (χ1v) is 16.1. The Labute approximate surface area is 244 Å². The minimum Gasteiger partial charge on any atom is -0.493 e. The van der Waals surface area contributed by atoms with Gasteiger partial charge in [0.05, 0.1) is 23.8 Å². The normalized spacial score (nSPS) is 14.1. The molecule has 0 spiro atoms. The first kappa shape index (κ1) is 31.0. The van der Waals surface area contributed by atoms with E-state index in [1.165, 1.54) is 17.7 Å². The van der Waals surface area contributed by atoms with Gasteiger partial charge >= 0.3 is 0 Å². The first-order chi connectivity index (χ1) is 19.6. The largest absolute Gasteiger partial charge is 0.493 e. The van der Waals surface area contributed by atoms with Gasteiger partial charge in [0.2, 0.25) is 0 Å². The number of unbranched alkanes of at least 4 members (excludes halogenated alkanes) is 3. The zero-order valence-electron chi connectivity index (χ0n) is 24.5. The van der Waals surface area contributed by atoms with Crippen molar-refractivity contribution in [3.8, 4) is 5.75 Å². The molecule has 0 saturated heterocycles. The van der Waals surface area contributed by atoms with Gasteiger partial charge in [0.1, 0.15) is 5.75 Å². The molecule has 0 fully saturated rings. The van der Waals surface area contributed by atoms with Gasteiger partial charge in [0, 0.05) is 31.1 Å². The molecule has 0 aliphatic carbocycles. The van der Waals surface area contributed by atoms with E-state index >= 15 is 0 Å². The Hall–Kier alpha value is -2.94. The molecule has 1 heterocycles. The molecule has 4 rings (SSSR count). The zero-order valence-corrected chi connectivity index (χ0v) is 25.3. The van der Waals surface area contributed by atoms with Crippen LogP contribution in [0.1, 0.15) is 68.7 Å². The number of hydrogen-bond acceptors (Lipinski definition) is 5. The maximum Gasteiger partial charge on any atom is 0.261 e. The third-order valence-corrected chi connectivity index (χ3v) is 9.24. The van der Waals surface area contributed by atoms with Crippen LogP contribution in [-0.2, 0) is 34.8 Å². The van der Waals surface area contributed by atoms with Gasteiger partial charge in [-0.2, -0.15) is 0 Å². The SMILES string of the molecule is CCCCCCOc1ccc(NS(=O)(=O)c2ccc3c(c2)CCN(CCc2ccc(C(C)(C)CO)cc2)C3)c(F)c1. The number of halogens is 1. The zero-order chi connectivity index (χ0) is 29.5. The van der Waals surface area contributed by atoms with Crippen molar-refractivity contribution in [1.29, 1.82) is 0 Å². The van der Waals surface area contributed by atoms with Crippen LogP contribution < -0.4 is 9.46 Å². The molecule has 1 aliphatic heterocycles. The second-order valence-electron chi connectivity index (χ2n) is 11.6. The van der Waals surface area contributed by atoms with Crippen LogP contribution in [0.15, 0.2) is 65.6 Å². The maximum absolute atomic E-state index is 14.7. The average Bonchev–Trinajstić information content (AvgIpc) is 2.97. The summed E-state index contributed by atoms with van der Waals surface area (Å²) in [5, 5.41) is 9.60. The Balaban J connectivity index is 1.33. The highest BCUT2D eigenvalue weighted by molar-refractivity contribution is 7.92. The van der Waals surface area contributed by atoms with Gasteiger partial charge in [-0.15, -0.1) is 0 Å². The molecule has 3 aromatic rings. The molecule has 222 valence electrons. The van der Waals surface area contributed by atoms with Crippen molar-refractivity contribution >= 4 is 15.7 Å². The van der Waals surface area contributed by atoms with Crippen molar-refractivity contribution in [3.05, 3.63) is 88.7 Å². The van der Waals surface area contributed by atoms with Crippen LogP contribution in [0.3, 0.4) is 0 Å². The molecule has 3 aromatic carbocycles. The fraction of sp³-hybridized carbons (Fsp3) is 0.455. The standard InChI is InChI=1S/C33H43FN2O4S/c1-4-5-6-7-20-40-29-13-15-32(31(34)22-29)35-41(38,39)30-14-10-27-23-36(19-17-26(27)21-30)18-16-25-8-11-28(12-9-25)33(2,3)24-37/h8-15,21-22,35,37H,4-7,16-20,23-24H2,1-3H3. The van der Waals surface area contributed by atoms with Crippen LogP contribution in [0, 0.1) is 5.82 Å². The summed E-state index contributed by atoms with van der Waals surface area (Å²) in [6.07, 6.45) is 5.91. The molecule has 2 N–H and O–H groups in total. The van der Waals surface area contributed by atoms with E-state index in [4.69, 9.17) is 4.74 Å². The lowest BCUT2D eigenvalue weighted by molar-refractivity contribution is 0.218. The summed E-state index contributed by atoms with van der Waals surface area (Å²) >= 11 is 0. The van der Waals surface area contributed by atoms with Crippen LogP contribution in [0.2, 0.25) is 0 Å². The molecule has 0 atom stereocenters. The van der Waals surface area contributed by atoms with E-state index in [0.29, 0.717) is 12.4 Å². The number of ether oxygens (including phenoxy) is 1. The summed E-state index contributed by atoms with van der Waals surface area (Å²) in [6.45, 7) is 9.32. The summed E-state index contributed by atoms with van der Waals surface area (Å²) in [5.74, 6) is -0.275. The predicted molar refractivity (Wildman–Crippen MR) is 163 cm³/mol. The second kappa shape index (κ2) is 13.8. The molecular formula is C33H43FN2O4S. The molecule has 41 heavy (non-hydrogen) atoms. The van der Waals surface area contributed by atoms with Crippen LogP contribution >= 0.6 is 0 Å². The van der Waals surface area contributed by atoms with Gasteiger partial charge in [0.25, 0.3) is 10.0 Å². The Morgan fingerprint density at radius 1 is 1.00 bits per heavy atom. The highest BCUT2D eigenvalue weighted by Crippen LogP contribution is 2.27. The fourth-order valence-corrected chi connectivity index (χ4v) is 6.16. The lowest BCUT2D eigenvalue weighted by Gasteiger charge is -2.29. The molecule has 0 bridgehead atoms. The molecule has 8 heteroatoms. The number of fused-ring (bicyclic) bond motifs is 1. The maximum atomic E-state index is 14.7. The topological polar surface area (TPSA) is 78.9 Å². The van der Waals surface area contributed by atoms with Gasteiger partial charge in [-0.05, 0) is 65.8 Å². The van der Waals surface area contributed by atoms with Crippen molar-refractivity contribution < 1.29 is 22.7 Å². The summed E-state index contributed by atoms with van der Waals surface area (Å²) in [5.41, 5.74) is 4.14. The smallest absolute Gasteiger partial charge is 0.261 e. The summed E-state index contributed by atoms with van der Waals surface area (Å²) < 4.78 is 48.9. The quantitative estimate of drug-likeness (QED) is 0.214. The summed E-state index contributed by atoms with van der Waals surface area (Å²) in [6, 6.07) is 17.8. The van der Waals surface area contributed by atoms with Gasteiger partial charge < -0.3 is 9.84 Å². The average molecular weight is 583 g/mol. The van der Waals surface area contributed by atoms with Crippen LogP contribution in [0.5, 0.6) is 5.75 Å². The molecule has 0 amide bonds. The summed E-state index contributed by atoms with van der Waals surface area (Å²) in [7, 11) is -3.95. The minimum atomic E-state index is -3.95. The summed E-state index contributed by atoms with van der Waals surface area (Å²) in [4.78, 5) is 2.51. The van der Waals surface area contributed by atoms with Crippen LogP contribution in [-0.4, -0.2) is 44.7 Å². The lowest BCUT2D eigenvalue weighted by atomic mass is 9.85. The predicted octanol–water partition coefficient (Wildman–Crippen LogP) is 6.46. The molecule has 0 saturated carbocycles. The van der Waals surface area contributed by atoms with Crippen molar-refractivity contribution in [2.75, 3.05) is 31.0 Å². The van der Waals surface area contributed by atoms with E-state index in [0.717, 1.165) is 74.8 Å². The Morgan fingerprint density at radius 2 is 1.78 bits per heavy atom. The van der Waals surface area contributed by atoms with E-state index in [1.54, 1.807) is 18.2 Å². The highest BCUT2D eigenvalue weighted by atomic mass is 32.2. The van der Waals surface area contributed by atoms with Crippen LogP contribution in [0.25, 0.3) is 0 Å². The van der Waals surface area contributed by atoms with E-state index in [-0.39, 0.29) is 22.6 Å².